The Labute approximate surface area is 130 Å². The highest BCUT2D eigenvalue weighted by atomic mass is 16.5. The monoisotopic (exact) mass is 302 g/mol. The van der Waals surface area contributed by atoms with E-state index in [1.807, 2.05) is 13.0 Å². The molecule has 0 atom stereocenters. The maximum atomic E-state index is 12.2. The molecule has 0 spiro atoms. The molecule has 0 radical (unpaired) electrons. The lowest BCUT2D eigenvalue weighted by Gasteiger charge is -2.10. The largest absolute Gasteiger partial charge is 0.426 e. The molecule has 0 bridgehead atoms. The molecule has 0 saturated heterocycles. The predicted molar refractivity (Wildman–Crippen MR) is 86.3 cm³/mol. The Kier molecular flexibility index (Phi) is 5.01. The first-order chi connectivity index (χ1) is 10.4. The topological polar surface area (TPSA) is 56.5 Å². The summed E-state index contributed by atoms with van der Waals surface area (Å²) in [5.74, 6) is 0.620. The zero-order valence-electron chi connectivity index (χ0n) is 13.6. The van der Waals surface area contributed by atoms with Gasteiger partial charge in [-0.05, 0) is 43.4 Å². The van der Waals surface area contributed by atoms with E-state index in [4.69, 9.17) is 9.15 Å². The average molecular weight is 302 g/mol. The highest BCUT2D eigenvalue weighted by Crippen LogP contribution is 2.25. The lowest BCUT2D eigenvalue weighted by molar-refractivity contribution is -0.134. The molecular formula is C18H22O4. The van der Waals surface area contributed by atoms with Crippen molar-refractivity contribution >= 4 is 16.9 Å². The molecule has 22 heavy (non-hydrogen) atoms. The number of esters is 1. The van der Waals surface area contributed by atoms with E-state index in [9.17, 15) is 9.59 Å². The Morgan fingerprint density at radius 3 is 2.68 bits per heavy atom. The minimum absolute atomic E-state index is 0.301. The molecule has 2 aromatic rings. The van der Waals surface area contributed by atoms with Gasteiger partial charge in [0.05, 0.1) is 0 Å². The second kappa shape index (κ2) is 6.77. The van der Waals surface area contributed by atoms with E-state index in [0.29, 0.717) is 30.1 Å². The zero-order valence-corrected chi connectivity index (χ0v) is 13.6. The number of carbonyl (C=O) groups excluding carboxylic acids is 1. The summed E-state index contributed by atoms with van der Waals surface area (Å²) in [6, 6.07) is 5.17. The van der Waals surface area contributed by atoms with Gasteiger partial charge in [0.15, 0.2) is 0 Å². The molecule has 4 nitrogen and oxygen atoms in total. The van der Waals surface area contributed by atoms with Gasteiger partial charge in [-0.2, -0.15) is 0 Å². The predicted octanol–water partition coefficient (Wildman–Crippen LogP) is 4.01. The molecular weight excluding hydrogens is 280 g/mol. The van der Waals surface area contributed by atoms with Crippen LogP contribution in [0.3, 0.4) is 0 Å². The summed E-state index contributed by atoms with van der Waals surface area (Å²) in [4.78, 5) is 23.5. The van der Waals surface area contributed by atoms with Crippen molar-refractivity contribution in [3.63, 3.8) is 0 Å². The molecule has 1 heterocycles. The fourth-order valence-electron chi connectivity index (χ4n) is 2.36. The summed E-state index contributed by atoms with van der Waals surface area (Å²) < 4.78 is 10.6. The van der Waals surface area contributed by atoms with E-state index >= 15 is 0 Å². The van der Waals surface area contributed by atoms with Gasteiger partial charge in [-0.1, -0.05) is 20.8 Å². The lowest BCUT2D eigenvalue weighted by Crippen LogP contribution is -2.11. The summed E-state index contributed by atoms with van der Waals surface area (Å²) in [5, 5.41) is 0.884. The molecule has 0 N–H and O–H groups in total. The highest BCUT2D eigenvalue weighted by molar-refractivity contribution is 5.83. The minimum Gasteiger partial charge on any atom is -0.426 e. The number of hydrogen-bond donors (Lipinski definition) is 0. The first-order valence-electron chi connectivity index (χ1n) is 7.69. The molecule has 0 aliphatic rings. The summed E-state index contributed by atoms with van der Waals surface area (Å²) in [6.45, 7) is 7.93. The van der Waals surface area contributed by atoms with Crippen molar-refractivity contribution in [2.45, 2.75) is 47.0 Å². The van der Waals surface area contributed by atoms with Crippen LogP contribution < -0.4 is 10.4 Å². The summed E-state index contributed by atoms with van der Waals surface area (Å²) in [7, 11) is 0. The fourth-order valence-corrected chi connectivity index (χ4v) is 2.36. The molecule has 0 aliphatic carbocycles. The Hall–Kier alpha value is -2.10. The molecule has 0 aliphatic heterocycles. The van der Waals surface area contributed by atoms with E-state index in [-0.39, 0.29) is 11.6 Å². The van der Waals surface area contributed by atoms with Crippen LogP contribution in [0.1, 0.15) is 44.7 Å². The van der Waals surface area contributed by atoms with Crippen molar-refractivity contribution in [1.82, 2.24) is 0 Å². The van der Waals surface area contributed by atoms with E-state index in [0.717, 1.165) is 22.9 Å². The molecule has 0 saturated carbocycles. The van der Waals surface area contributed by atoms with Crippen LogP contribution in [-0.2, 0) is 11.2 Å². The Morgan fingerprint density at radius 2 is 2.05 bits per heavy atom. The molecule has 118 valence electrons. The van der Waals surface area contributed by atoms with Gasteiger partial charge in [0, 0.05) is 23.4 Å². The maximum absolute atomic E-state index is 12.2. The molecule has 0 amide bonds. The third-order valence-corrected chi connectivity index (χ3v) is 3.75. The molecule has 2 rings (SSSR count). The molecule has 1 aromatic heterocycles. The Balaban J connectivity index is 2.42. The van der Waals surface area contributed by atoms with Crippen molar-refractivity contribution in [2.75, 3.05) is 0 Å². The van der Waals surface area contributed by atoms with Crippen LogP contribution in [0.4, 0.5) is 0 Å². The Morgan fingerprint density at radius 1 is 1.32 bits per heavy atom. The van der Waals surface area contributed by atoms with Crippen molar-refractivity contribution in [3.8, 4) is 5.75 Å². The fraction of sp³-hybridized carbons (Fsp3) is 0.444. The molecule has 1 aromatic carbocycles. The Bertz CT molecular complexity index is 741. The smallest absolute Gasteiger partial charge is 0.339 e. The number of ether oxygens (including phenoxy) is 1. The van der Waals surface area contributed by atoms with Gasteiger partial charge in [0.1, 0.15) is 11.3 Å². The summed E-state index contributed by atoms with van der Waals surface area (Å²) in [6.07, 6.45) is 1.97. The lowest BCUT2D eigenvalue weighted by atomic mass is 9.98. The number of carbonyl (C=O) groups is 1. The summed E-state index contributed by atoms with van der Waals surface area (Å²) in [5.41, 5.74) is 1.83. The highest BCUT2D eigenvalue weighted by Gasteiger charge is 2.13. The van der Waals surface area contributed by atoms with Gasteiger partial charge in [0.2, 0.25) is 0 Å². The summed E-state index contributed by atoms with van der Waals surface area (Å²) >= 11 is 0. The van der Waals surface area contributed by atoms with Gasteiger partial charge >= 0.3 is 11.6 Å². The van der Waals surface area contributed by atoms with Crippen LogP contribution in [0.2, 0.25) is 0 Å². The average Bonchev–Trinajstić information content (AvgIpc) is 2.46. The van der Waals surface area contributed by atoms with Gasteiger partial charge in [-0.3, -0.25) is 4.79 Å². The first kappa shape index (κ1) is 16.3. The number of fused-ring (bicyclic) bond motifs is 1. The van der Waals surface area contributed by atoms with E-state index in [1.165, 1.54) is 0 Å². The molecule has 0 fully saturated rings. The van der Waals surface area contributed by atoms with Crippen LogP contribution >= 0.6 is 0 Å². The third kappa shape index (κ3) is 3.56. The normalized spacial score (nSPS) is 11.1. The number of hydrogen-bond acceptors (Lipinski definition) is 4. The third-order valence-electron chi connectivity index (χ3n) is 3.75. The van der Waals surface area contributed by atoms with Gasteiger partial charge in [-0.25, -0.2) is 4.79 Å². The number of aryl methyl sites for hydroxylation is 1. The van der Waals surface area contributed by atoms with Crippen molar-refractivity contribution in [1.29, 1.82) is 0 Å². The standard InChI is InChI=1S/C18H22O4/c1-5-17(19)21-13-7-9-14-12(4)15(8-6-11(2)3)18(20)22-16(14)10-13/h7,9-11H,5-6,8H2,1-4H3. The van der Waals surface area contributed by atoms with E-state index < -0.39 is 0 Å². The minimum atomic E-state index is -0.313. The van der Waals surface area contributed by atoms with Crippen molar-refractivity contribution < 1.29 is 13.9 Å². The van der Waals surface area contributed by atoms with Crippen LogP contribution in [0.15, 0.2) is 27.4 Å². The van der Waals surface area contributed by atoms with Crippen LogP contribution in [0.25, 0.3) is 11.0 Å². The maximum Gasteiger partial charge on any atom is 0.339 e. The van der Waals surface area contributed by atoms with Gasteiger partial charge < -0.3 is 9.15 Å². The second-order valence-corrected chi connectivity index (χ2v) is 5.91. The van der Waals surface area contributed by atoms with E-state index in [1.54, 1.807) is 19.1 Å². The van der Waals surface area contributed by atoms with Crippen LogP contribution in [-0.4, -0.2) is 5.97 Å². The zero-order chi connectivity index (χ0) is 16.3. The van der Waals surface area contributed by atoms with Gasteiger partial charge in [-0.15, -0.1) is 0 Å². The second-order valence-electron chi connectivity index (χ2n) is 5.91. The van der Waals surface area contributed by atoms with Crippen molar-refractivity contribution in [3.05, 3.63) is 39.7 Å². The van der Waals surface area contributed by atoms with Crippen LogP contribution in [0, 0.1) is 12.8 Å². The number of rotatable bonds is 5. The molecule has 0 unspecified atom stereocenters. The van der Waals surface area contributed by atoms with Crippen LogP contribution in [0.5, 0.6) is 5.75 Å². The molecule has 4 heteroatoms. The van der Waals surface area contributed by atoms with E-state index in [2.05, 4.69) is 13.8 Å². The quantitative estimate of drug-likeness (QED) is 0.476. The first-order valence-corrected chi connectivity index (χ1v) is 7.69. The number of benzene rings is 1. The van der Waals surface area contributed by atoms with Crippen molar-refractivity contribution in [2.24, 2.45) is 5.92 Å². The van der Waals surface area contributed by atoms with Gasteiger partial charge in [0.25, 0.3) is 0 Å². The SMILES string of the molecule is CCC(=O)Oc1ccc2c(C)c(CCC(C)C)c(=O)oc2c1.